The molecule has 0 aliphatic carbocycles. The predicted octanol–water partition coefficient (Wildman–Crippen LogP) is 7.11. The molecule has 2 N–H and O–H groups in total. The Morgan fingerprint density at radius 1 is 0.795 bits per heavy atom. The van der Waals surface area contributed by atoms with Gasteiger partial charge >= 0.3 is 18.0 Å². The molecule has 3 aromatic carbocycles. The number of halogens is 8. The molecule has 3 aromatic rings. The van der Waals surface area contributed by atoms with Gasteiger partial charge in [0.2, 0.25) is 0 Å². The zero-order chi connectivity index (χ0) is 29.3. The average molecular weight is 555 g/mol. The Morgan fingerprint density at radius 3 is 1.82 bits per heavy atom. The van der Waals surface area contributed by atoms with Crippen LogP contribution in [-0.2, 0) is 5.67 Å². The number of rotatable bonds is 5. The minimum Gasteiger partial charge on any atom is -0.321 e. The van der Waals surface area contributed by atoms with E-state index in [-0.39, 0.29) is 27.9 Å². The van der Waals surface area contributed by atoms with Crippen LogP contribution in [0.25, 0.3) is 0 Å². The molecule has 5 nitrogen and oxygen atoms in total. The molecule has 0 bridgehead atoms. The number of nitrogens with zero attached hydrogens (tertiary/aromatic N) is 1. The number of benzene rings is 3. The molecule has 39 heavy (non-hydrogen) atoms. The van der Waals surface area contributed by atoms with Crippen LogP contribution in [-0.4, -0.2) is 24.2 Å². The molecule has 0 aliphatic rings. The third-order valence-corrected chi connectivity index (χ3v) is 5.72. The summed E-state index contributed by atoms with van der Waals surface area (Å²) in [5.74, 6) is -3.08. The normalized spacial score (nSPS) is 12.0. The van der Waals surface area contributed by atoms with Crippen molar-refractivity contribution in [2.24, 2.45) is 0 Å². The second-order valence-electron chi connectivity index (χ2n) is 8.40. The molecule has 0 atom stereocenters. The van der Waals surface area contributed by atoms with Gasteiger partial charge in [-0.05, 0) is 61.4 Å². The van der Waals surface area contributed by atoms with Gasteiger partial charge in [-0.2, -0.15) is 31.6 Å². The van der Waals surface area contributed by atoms with Crippen LogP contribution >= 0.6 is 0 Å². The number of hydrogen-bond acceptors (Lipinski definition) is 3. The monoisotopic (exact) mass is 555 g/mol. The summed E-state index contributed by atoms with van der Waals surface area (Å²) in [7, 11) is 0. The maximum absolute atomic E-state index is 15.1. The van der Waals surface area contributed by atoms with Gasteiger partial charge in [0.1, 0.15) is 0 Å². The summed E-state index contributed by atoms with van der Waals surface area (Å²) in [5, 5.41) is 13.3. The van der Waals surface area contributed by atoms with Gasteiger partial charge in [-0.1, -0.05) is 18.2 Å². The summed E-state index contributed by atoms with van der Waals surface area (Å²) >= 11 is 0. The lowest BCUT2D eigenvalue weighted by atomic mass is 9.90. The summed E-state index contributed by atoms with van der Waals surface area (Å²) in [6.45, 7) is 2.09. The maximum Gasteiger partial charge on any atom is 0.435 e. The molecule has 0 saturated carbocycles. The van der Waals surface area contributed by atoms with Gasteiger partial charge in [0.25, 0.3) is 11.8 Å². The molecular weight excluding hydrogens is 538 g/mol. The zero-order valence-corrected chi connectivity index (χ0v) is 20.0. The molecular formula is C26H17F8N3O2. The number of alkyl halides is 7. The first-order valence-corrected chi connectivity index (χ1v) is 10.9. The molecule has 204 valence electrons. The van der Waals surface area contributed by atoms with Crippen LogP contribution in [0.15, 0.2) is 54.6 Å². The average Bonchev–Trinajstić information content (AvgIpc) is 2.85. The lowest BCUT2D eigenvalue weighted by Gasteiger charge is -2.31. The summed E-state index contributed by atoms with van der Waals surface area (Å²) in [6, 6.07) is 11.2. The Hall–Kier alpha value is -4.47. The number of amides is 2. The first-order valence-electron chi connectivity index (χ1n) is 10.9. The van der Waals surface area contributed by atoms with Gasteiger partial charge in [0.05, 0.1) is 22.9 Å². The fourth-order valence-electron chi connectivity index (χ4n) is 3.72. The topological polar surface area (TPSA) is 82.0 Å². The van der Waals surface area contributed by atoms with Crippen molar-refractivity contribution in [2.75, 3.05) is 10.6 Å². The van der Waals surface area contributed by atoms with Gasteiger partial charge in [-0.25, -0.2) is 8.78 Å². The van der Waals surface area contributed by atoms with Gasteiger partial charge in [-0.15, -0.1) is 0 Å². The van der Waals surface area contributed by atoms with E-state index in [9.17, 15) is 40.3 Å². The smallest absolute Gasteiger partial charge is 0.321 e. The molecule has 0 unspecified atom stereocenters. The van der Waals surface area contributed by atoms with Crippen LogP contribution in [0.5, 0.6) is 0 Å². The van der Waals surface area contributed by atoms with E-state index in [2.05, 4.69) is 10.6 Å². The van der Waals surface area contributed by atoms with E-state index < -0.39 is 52.5 Å². The van der Waals surface area contributed by atoms with Gasteiger partial charge < -0.3 is 10.6 Å². The summed E-state index contributed by atoms with van der Waals surface area (Å²) in [5.41, 5.74) is -9.00. The molecule has 0 heterocycles. The molecule has 13 heteroatoms. The summed E-state index contributed by atoms with van der Waals surface area (Å²) in [6.07, 6.45) is -12.6. The number of carbonyl (C=O) groups excluding carboxylic acids is 2. The summed E-state index contributed by atoms with van der Waals surface area (Å²) < 4.78 is 108. The van der Waals surface area contributed by atoms with Crippen LogP contribution in [0, 0.1) is 31.0 Å². The number of nitrogens with one attached hydrogen (secondary N) is 2. The van der Waals surface area contributed by atoms with Crippen LogP contribution < -0.4 is 10.6 Å². The highest BCUT2D eigenvalue weighted by Crippen LogP contribution is 2.53. The fourth-order valence-corrected chi connectivity index (χ4v) is 3.72. The molecule has 2 amide bonds. The number of aryl methyl sites for hydroxylation is 2. The van der Waals surface area contributed by atoms with Crippen molar-refractivity contribution < 1.29 is 44.7 Å². The lowest BCUT2D eigenvalue weighted by Crippen LogP contribution is -2.50. The van der Waals surface area contributed by atoms with Gasteiger partial charge in [0, 0.05) is 16.8 Å². The largest absolute Gasteiger partial charge is 0.435 e. The van der Waals surface area contributed by atoms with Crippen LogP contribution in [0.2, 0.25) is 0 Å². The maximum atomic E-state index is 15.1. The second-order valence-corrected chi connectivity index (χ2v) is 8.40. The van der Waals surface area contributed by atoms with Crippen molar-refractivity contribution in [1.29, 1.82) is 5.26 Å². The quantitative estimate of drug-likeness (QED) is 0.330. The highest BCUT2D eigenvalue weighted by atomic mass is 19.4. The molecule has 0 fully saturated rings. The van der Waals surface area contributed by atoms with E-state index >= 15 is 4.39 Å². The van der Waals surface area contributed by atoms with Crippen LogP contribution in [0.4, 0.5) is 46.5 Å². The minimum absolute atomic E-state index is 0.0799. The zero-order valence-electron chi connectivity index (χ0n) is 20.0. The van der Waals surface area contributed by atoms with E-state index in [1.54, 1.807) is 0 Å². The Morgan fingerprint density at radius 2 is 1.33 bits per heavy atom. The Kier molecular flexibility index (Phi) is 7.73. The second kappa shape index (κ2) is 10.4. The SMILES string of the molecule is Cc1cc(C(F)(C(F)(F)F)C(F)(F)F)cc(C)c1NC(=O)c1cccc(NC(=O)c2ccc(C#N)cc2)c1F. The van der Waals surface area contributed by atoms with Crippen molar-refractivity contribution >= 4 is 23.2 Å². The van der Waals surface area contributed by atoms with Crippen molar-refractivity contribution in [2.45, 2.75) is 31.9 Å². The minimum atomic E-state index is -6.32. The Labute approximate surface area is 216 Å². The third-order valence-electron chi connectivity index (χ3n) is 5.72. The number of nitriles is 1. The fraction of sp³-hybridized carbons (Fsp3) is 0.192. The molecule has 0 saturated heterocycles. The number of anilines is 2. The first kappa shape index (κ1) is 29.1. The predicted molar refractivity (Wildman–Crippen MR) is 124 cm³/mol. The van der Waals surface area contributed by atoms with E-state index in [1.807, 2.05) is 6.07 Å². The van der Waals surface area contributed by atoms with Crippen molar-refractivity contribution in [1.82, 2.24) is 0 Å². The summed E-state index contributed by atoms with van der Waals surface area (Å²) in [4.78, 5) is 25.2. The van der Waals surface area contributed by atoms with Crippen LogP contribution in [0.1, 0.15) is 43.0 Å². The molecule has 0 radical (unpaired) electrons. The first-order chi connectivity index (χ1) is 18.0. The lowest BCUT2D eigenvalue weighted by molar-refractivity contribution is -0.348. The Bertz CT molecular complexity index is 1440. The van der Waals surface area contributed by atoms with E-state index in [4.69, 9.17) is 5.26 Å². The molecule has 0 spiro atoms. The van der Waals surface area contributed by atoms with Crippen LogP contribution in [0.3, 0.4) is 0 Å². The number of carbonyl (C=O) groups is 2. The molecule has 0 aliphatic heterocycles. The highest BCUT2D eigenvalue weighted by molar-refractivity contribution is 6.08. The van der Waals surface area contributed by atoms with Crippen molar-refractivity contribution in [3.63, 3.8) is 0 Å². The molecule has 3 rings (SSSR count). The standard InChI is InChI=1S/C26H17F8N3O2/c1-13-10-17(24(28,25(29,30)31)26(32,33)34)11-14(2)21(13)37-23(39)18-4-3-5-19(20(18)27)36-22(38)16-8-6-15(12-35)7-9-16/h3-11H,1-2H3,(H,36,38)(H,37,39). The third kappa shape index (κ3) is 5.55. The Balaban J connectivity index is 1.90. The van der Waals surface area contributed by atoms with Gasteiger partial charge in [0.15, 0.2) is 5.82 Å². The van der Waals surface area contributed by atoms with Gasteiger partial charge in [-0.3, -0.25) is 9.59 Å². The van der Waals surface area contributed by atoms with Crippen molar-refractivity contribution in [3.05, 3.63) is 93.8 Å². The van der Waals surface area contributed by atoms with E-state index in [1.165, 1.54) is 30.3 Å². The van der Waals surface area contributed by atoms with Crippen molar-refractivity contribution in [3.8, 4) is 6.07 Å². The molecule has 0 aromatic heterocycles. The number of hydrogen-bond donors (Lipinski definition) is 2. The van der Waals surface area contributed by atoms with E-state index in [0.29, 0.717) is 12.1 Å². The van der Waals surface area contributed by atoms with E-state index in [0.717, 1.165) is 26.0 Å². The highest BCUT2D eigenvalue weighted by Gasteiger charge is 2.73.